The molecule has 1 unspecified atom stereocenters. The zero-order valence-corrected chi connectivity index (χ0v) is 16.6. The Hall–Kier alpha value is -1.15. The number of nitrogens with zero attached hydrogens (tertiary/aromatic N) is 3. The molecule has 6 nitrogen and oxygen atoms in total. The minimum Gasteiger partial charge on any atom is -0.339 e. The lowest BCUT2D eigenvalue weighted by atomic mass is 9.96. The van der Waals surface area contributed by atoms with Gasteiger partial charge in [0.05, 0.1) is 9.21 Å². The lowest BCUT2D eigenvalue weighted by Gasteiger charge is -2.30. The van der Waals surface area contributed by atoms with E-state index >= 15 is 0 Å². The third-order valence-electron chi connectivity index (χ3n) is 4.38. The molecule has 2 aromatic rings. The zero-order chi connectivity index (χ0) is 17.1. The summed E-state index contributed by atoms with van der Waals surface area (Å²) < 4.78 is 6.07. The summed E-state index contributed by atoms with van der Waals surface area (Å²) in [5.41, 5.74) is 0. The minimum atomic E-state index is 0. The number of thiophene rings is 1. The molecule has 2 aromatic heterocycles. The molecule has 0 saturated carbocycles. The highest BCUT2D eigenvalue weighted by molar-refractivity contribution is 7.17. The van der Waals surface area contributed by atoms with Crippen molar-refractivity contribution < 1.29 is 9.32 Å². The molecule has 1 atom stereocenters. The van der Waals surface area contributed by atoms with Gasteiger partial charge >= 0.3 is 0 Å². The van der Waals surface area contributed by atoms with Gasteiger partial charge in [0.15, 0.2) is 5.82 Å². The van der Waals surface area contributed by atoms with Crippen LogP contribution in [-0.4, -0.2) is 47.1 Å². The van der Waals surface area contributed by atoms with Crippen molar-refractivity contribution in [2.75, 3.05) is 20.1 Å². The van der Waals surface area contributed by atoms with Gasteiger partial charge in [-0.05, 0) is 38.9 Å². The van der Waals surface area contributed by atoms with Gasteiger partial charge in [-0.1, -0.05) is 16.8 Å². The average Bonchev–Trinajstić information content (AvgIpc) is 3.23. The lowest BCUT2D eigenvalue weighted by Crippen LogP contribution is -2.37. The Morgan fingerprint density at radius 3 is 2.80 bits per heavy atom. The summed E-state index contributed by atoms with van der Waals surface area (Å²) in [4.78, 5) is 19.5. The van der Waals surface area contributed by atoms with E-state index in [1.165, 1.54) is 11.3 Å². The molecule has 0 aromatic carbocycles. The van der Waals surface area contributed by atoms with Gasteiger partial charge in [0.2, 0.25) is 5.89 Å². The number of amides is 1. The van der Waals surface area contributed by atoms with Crippen LogP contribution in [0.4, 0.5) is 0 Å². The number of hydrogen-bond donors (Lipinski definition) is 1. The number of nitrogens with one attached hydrogen (secondary N) is 1. The van der Waals surface area contributed by atoms with Crippen LogP contribution in [0.1, 0.15) is 47.1 Å². The molecule has 3 rings (SSSR count). The molecule has 9 heteroatoms. The van der Waals surface area contributed by atoms with Gasteiger partial charge in [-0.2, -0.15) is 4.98 Å². The molecule has 1 N–H and O–H groups in total. The molecule has 1 aliphatic heterocycles. The van der Waals surface area contributed by atoms with Crippen molar-refractivity contribution in [2.24, 2.45) is 0 Å². The van der Waals surface area contributed by atoms with Crippen LogP contribution in [-0.2, 0) is 6.42 Å². The van der Waals surface area contributed by atoms with Gasteiger partial charge in [-0.25, -0.2) is 0 Å². The van der Waals surface area contributed by atoms with Crippen LogP contribution < -0.4 is 5.32 Å². The van der Waals surface area contributed by atoms with Crippen molar-refractivity contribution in [1.29, 1.82) is 0 Å². The van der Waals surface area contributed by atoms with E-state index < -0.39 is 0 Å². The first-order valence-electron chi connectivity index (χ1n) is 8.11. The van der Waals surface area contributed by atoms with Crippen LogP contribution in [0.3, 0.4) is 0 Å². The zero-order valence-electron chi connectivity index (χ0n) is 14.2. The van der Waals surface area contributed by atoms with Crippen LogP contribution >= 0.6 is 35.3 Å². The Morgan fingerprint density at radius 1 is 1.48 bits per heavy atom. The van der Waals surface area contributed by atoms with Gasteiger partial charge in [0.25, 0.3) is 5.91 Å². The second-order valence-electron chi connectivity index (χ2n) is 6.11. The van der Waals surface area contributed by atoms with Gasteiger partial charge in [-0.15, -0.1) is 23.7 Å². The molecular weight excluding hydrogens is 383 g/mol. The predicted octanol–water partition coefficient (Wildman–Crippen LogP) is 3.38. The molecular formula is C16H22Cl2N4O2S. The van der Waals surface area contributed by atoms with Crippen LogP contribution in [0.2, 0.25) is 4.34 Å². The van der Waals surface area contributed by atoms with Crippen molar-refractivity contribution in [2.45, 2.75) is 38.1 Å². The number of hydrogen-bond acceptors (Lipinski definition) is 6. The smallest absolute Gasteiger partial charge is 0.263 e. The average molecular weight is 405 g/mol. The first-order valence-corrected chi connectivity index (χ1v) is 9.30. The molecule has 0 aliphatic carbocycles. The van der Waals surface area contributed by atoms with Crippen molar-refractivity contribution >= 4 is 41.3 Å². The molecule has 1 amide bonds. The van der Waals surface area contributed by atoms with E-state index in [4.69, 9.17) is 16.1 Å². The van der Waals surface area contributed by atoms with E-state index in [2.05, 4.69) is 22.4 Å². The third kappa shape index (κ3) is 4.94. The maximum Gasteiger partial charge on any atom is 0.263 e. The van der Waals surface area contributed by atoms with Crippen molar-refractivity contribution in [3.8, 4) is 0 Å². The maximum absolute atomic E-state index is 12.4. The molecule has 0 spiro atoms. The molecule has 25 heavy (non-hydrogen) atoms. The minimum absolute atomic E-state index is 0. The number of rotatable bonds is 5. The number of piperidine rings is 1. The number of carbonyl (C=O) groups is 1. The molecule has 1 aliphatic rings. The van der Waals surface area contributed by atoms with Crippen LogP contribution in [0.25, 0.3) is 0 Å². The predicted molar refractivity (Wildman–Crippen MR) is 101 cm³/mol. The summed E-state index contributed by atoms with van der Waals surface area (Å²) in [6.45, 7) is 3.48. The quantitative estimate of drug-likeness (QED) is 0.826. The summed E-state index contributed by atoms with van der Waals surface area (Å²) in [6, 6.07) is 3.86. The highest BCUT2D eigenvalue weighted by atomic mass is 35.5. The van der Waals surface area contributed by atoms with E-state index in [1.807, 2.05) is 11.9 Å². The number of likely N-dealkylation sites (tertiary alicyclic amines) is 1. The topological polar surface area (TPSA) is 71.3 Å². The Bertz CT molecular complexity index is 698. The number of aromatic nitrogens is 2. The Kier molecular flexibility index (Phi) is 7.25. The lowest BCUT2D eigenvalue weighted by molar-refractivity contribution is 0.0709. The molecule has 0 radical (unpaired) electrons. The summed E-state index contributed by atoms with van der Waals surface area (Å²) >= 11 is 7.24. The Morgan fingerprint density at radius 2 is 2.20 bits per heavy atom. The van der Waals surface area contributed by atoms with Crippen LogP contribution in [0.5, 0.6) is 0 Å². The number of halogens is 2. The summed E-state index contributed by atoms with van der Waals surface area (Å²) in [7, 11) is 1.92. The molecule has 1 fully saturated rings. The summed E-state index contributed by atoms with van der Waals surface area (Å²) in [5.74, 6) is 1.71. The van der Waals surface area contributed by atoms with Crippen LogP contribution in [0, 0.1) is 0 Å². The second-order valence-corrected chi connectivity index (χ2v) is 7.83. The summed E-state index contributed by atoms with van der Waals surface area (Å²) in [5, 5.41) is 7.23. The fourth-order valence-electron chi connectivity index (χ4n) is 2.81. The second kappa shape index (κ2) is 8.98. The standard InChI is InChI=1S/C16H21ClN4O2S.ClH/c1-10(18-2)9-14-19-15(23-20-14)11-5-7-21(8-6-11)16(22)12-3-4-13(17)24-12;/h3-4,10-11,18H,5-9H2,1-2H3;1H. The molecule has 138 valence electrons. The van der Waals surface area contributed by atoms with Gasteiger partial charge in [0, 0.05) is 31.5 Å². The van der Waals surface area contributed by atoms with Gasteiger partial charge in [-0.3, -0.25) is 4.79 Å². The fraction of sp³-hybridized carbons (Fsp3) is 0.562. The van der Waals surface area contributed by atoms with E-state index in [0.29, 0.717) is 34.2 Å². The summed E-state index contributed by atoms with van der Waals surface area (Å²) in [6.07, 6.45) is 2.43. The molecule has 1 saturated heterocycles. The van der Waals surface area contributed by atoms with Crippen molar-refractivity contribution in [3.05, 3.63) is 33.1 Å². The normalized spacial score (nSPS) is 16.5. The van der Waals surface area contributed by atoms with Gasteiger partial charge < -0.3 is 14.7 Å². The highest BCUT2D eigenvalue weighted by Gasteiger charge is 2.28. The number of likely N-dealkylation sites (N-methyl/N-ethyl adjacent to an activating group) is 1. The number of carbonyl (C=O) groups excluding carboxylic acids is 1. The van der Waals surface area contributed by atoms with E-state index in [1.54, 1.807) is 12.1 Å². The molecule has 3 heterocycles. The third-order valence-corrected chi connectivity index (χ3v) is 5.60. The maximum atomic E-state index is 12.4. The Labute approximate surface area is 162 Å². The van der Waals surface area contributed by atoms with E-state index in [0.717, 1.165) is 25.1 Å². The highest BCUT2D eigenvalue weighted by Crippen LogP contribution is 2.29. The SMILES string of the molecule is CNC(C)Cc1noc(C2CCN(C(=O)c3ccc(Cl)s3)CC2)n1.Cl. The fourth-order valence-corrected chi connectivity index (χ4v) is 3.82. The Balaban J connectivity index is 0.00000225. The van der Waals surface area contributed by atoms with Crippen molar-refractivity contribution in [1.82, 2.24) is 20.4 Å². The van der Waals surface area contributed by atoms with Crippen LogP contribution in [0.15, 0.2) is 16.7 Å². The first kappa shape index (κ1) is 20.2. The van der Waals surface area contributed by atoms with E-state index in [-0.39, 0.29) is 24.2 Å². The van der Waals surface area contributed by atoms with E-state index in [9.17, 15) is 4.79 Å². The van der Waals surface area contributed by atoms with Gasteiger partial charge in [0.1, 0.15) is 0 Å². The monoisotopic (exact) mass is 404 g/mol. The molecule has 0 bridgehead atoms. The first-order chi connectivity index (χ1) is 11.6. The van der Waals surface area contributed by atoms with Crippen molar-refractivity contribution in [3.63, 3.8) is 0 Å². The largest absolute Gasteiger partial charge is 0.339 e.